The first kappa shape index (κ1) is 15.0. The smallest absolute Gasteiger partial charge is 0.0436 e. The van der Waals surface area contributed by atoms with E-state index in [0.29, 0.717) is 12.6 Å². The first-order valence-electron chi connectivity index (χ1n) is 7.43. The molecule has 1 rings (SSSR count). The fraction of sp³-hybridized carbons (Fsp3) is 1.00. The van der Waals surface area contributed by atoms with Gasteiger partial charge in [0.1, 0.15) is 0 Å². The monoisotopic (exact) mass is 241 g/mol. The van der Waals surface area contributed by atoms with E-state index in [1.54, 1.807) is 0 Å². The number of aliphatic hydroxyl groups is 1. The van der Waals surface area contributed by atoms with Crippen LogP contribution < -0.4 is 5.32 Å². The van der Waals surface area contributed by atoms with Gasteiger partial charge in [-0.2, -0.15) is 0 Å². The third-order valence-electron chi connectivity index (χ3n) is 4.29. The summed E-state index contributed by atoms with van der Waals surface area (Å²) in [5.74, 6) is 0.888. The Morgan fingerprint density at radius 1 is 1.24 bits per heavy atom. The zero-order valence-corrected chi connectivity index (χ0v) is 12.0. The van der Waals surface area contributed by atoms with E-state index in [-0.39, 0.29) is 5.41 Å². The van der Waals surface area contributed by atoms with Gasteiger partial charge in [-0.05, 0) is 37.0 Å². The van der Waals surface area contributed by atoms with Gasteiger partial charge < -0.3 is 10.4 Å². The molecule has 1 aliphatic carbocycles. The predicted octanol–water partition coefficient (Wildman–Crippen LogP) is 3.34. The van der Waals surface area contributed by atoms with Crippen molar-refractivity contribution in [2.45, 2.75) is 71.8 Å². The van der Waals surface area contributed by atoms with Crippen molar-refractivity contribution in [2.24, 2.45) is 11.3 Å². The van der Waals surface area contributed by atoms with E-state index in [2.05, 4.69) is 26.1 Å². The fourth-order valence-corrected chi connectivity index (χ4v) is 2.98. The third kappa shape index (κ3) is 5.39. The van der Waals surface area contributed by atoms with Crippen molar-refractivity contribution in [1.82, 2.24) is 5.32 Å². The predicted molar refractivity (Wildman–Crippen MR) is 74.1 cm³/mol. The number of nitrogens with one attached hydrogen (secondary N) is 1. The van der Waals surface area contributed by atoms with E-state index in [1.807, 2.05) is 0 Å². The second-order valence-corrected chi connectivity index (χ2v) is 6.43. The van der Waals surface area contributed by atoms with Crippen LogP contribution in [0, 0.1) is 11.3 Å². The summed E-state index contributed by atoms with van der Waals surface area (Å²) in [6.07, 6.45) is 9.22. The van der Waals surface area contributed by atoms with Crippen LogP contribution in [0.4, 0.5) is 0 Å². The molecule has 17 heavy (non-hydrogen) atoms. The highest BCUT2D eigenvalue weighted by atomic mass is 16.3. The molecule has 0 amide bonds. The van der Waals surface area contributed by atoms with Gasteiger partial charge in [0, 0.05) is 19.2 Å². The lowest BCUT2D eigenvalue weighted by Gasteiger charge is -2.33. The fourth-order valence-electron chi connectivity index (χ4n) is 2.98. The molecule has 102 valence electrons. The van der Waals surface area contributed by atoms with Crippen molar-refractivity contribution >= 4 is 0 Å². The highest BCUT2D eigenvalue weighted by Crippen LogP contribution is 2.28. The molecule has 0 bridgehead atoms. The maximum Gasteiger partial charge on any atom is 0.0436 e. The van der Waals surface area contributed by atoms with Crippen molar-refractivity contribution < 1.29 is 5.11 Å². The first-order valence-corrected chi connectivity index (χ1v) is 7.43. The Labute approximate surface area is 107 Å². The van der Waals surface area contributed by atoms with E-state index in [0.717, 1.165) is 18.9 Å². The SMILES string of the molecule is CCC(NCC(C)(C)CCO)C1CCCCC1. The lowest BCUT2D eigenvalue weighted by atomic mass is 9.82. The Morgan fingerprint density at radius 2 is 1.88 bits per heavy atom. The summed E-state index contributed by atoms with van der Waals surface area (Å²) in [5.41, 5.74) is 0.219. The minimum Gasteiger partial charge on any atom is -0.396 e. The topological polar surface area (TPSA) is 32.3 Å². The number of rotatable bonds is 7. The van der Waals surface area contributed by atoms with Gasteiger partial charge in [0.05, 0.1) is 0 Å². The van der Waals surface area contributed by atoms with Crippen LogP contribution in [-0.2, 0) is 0 Å². The van der Waals surface area contributed by atoms with E-state index >= 15 is 0 Å². The Kier molecular flexibility index (Phi) is 6.50. The van der Waals surface area contributed by atoms with E-state index in [9.17, 15) is 0 Å². The quantitative estimate of drug-likeness (QED) is 0.716. The molecule has 2 heteroatoms. The standard InChI is InChI=1S/C15H31NO/c1-4-14(13-8-6-5-7-9-13)16-12-15(2,3)10-11-17/h13-14,16-17H,4-12H2,1-3H3. The normalized spacial score (nSPS) is 20.5. The summed E-state index contributed by atoms with van der Waals surface area (Å²) >= 11 is 0. The molecule has 1 aliphatic rings. The molecule has 0 aromatic carbocycles. The average Bonchev–Trinajstić information content (AvgIpc) is 2.31. The molecular formula is C15H31NO. The summed E-state index contributed by atoms with van der Waals surface area (Å²) in [5, 5.41) is 12.8. The van der Waals surface area contributed by atoms with Gasteiger partial charge in [-0.1, -0.05) is 40.0 Å². The molecule has 1 fully saturated rings. The van der Waals surface area contributed by atoms with Gasteiger partial charge in [0.15, 0.2) is 0 Å². The summed E-state index contributed by atoms with van der Waals surface area (Å²) in [7, 11) is 0. The van der Waals surface area contributed by atoms with Crippen molar-refractivity contribution in [3.05, 3.63) is 0 Å². The molecule has 0 spiro atoms. The molecule has 0 aliphatic heterocycles. The zero-order valence-electron chi connectivity index (χ0n) is 12.0. The van der Waals surface area contributed by atoms with Crippen molar-refractivity contribution in [1.29, 1.82) is 0 Å². The van der Waals surface area contributed by atoms with Crippen LogP contribution in [0.25, 0.3) is 0 Å². The van der Waals surface area contributed by atoms with Gasteiger partial charge in [0.2, 0.25) is 0 Å². The van der Waals surface area contributed by atoms with Crippen LogP contribution in [0.1, 0.15) is 65.7 Å². The molecule has 0 heterocycles. The molecule has 2 N–H and O–H groups in total. The summed E-state index contributed by atoms with van der Waals surface area (Å²) in [6.45, 7) is 8.11. The highest BCUT2D eigenvalue weighted by molar-refractivity contribution is 4.81. The minimum atomic E-state index is 0.219. The minimum absolute atomic E-state index is 0.219. The number of aliphatic hydroxyl groups excluding tert-OH is 1. The molecular weight excluding hydrogens is 210 g/mol. The van der Waals surface area contributed by atoms with Gasteiger partial charge >= 0.3 is 0 Å². The third-order valence-corrected chi connectivity index (χ3v) is 4.29. The number of hydrogen-bond donors (Lipinski definition) is 2. The lowest BCUT2D eigenvalue weighted by molar-refractivity contribution is 0.186. The summed E-state index contributed by atoms with van der Waals surface area (Å²) < 4.78 is 0. The molecule has 1 unspecified atom stereocenters. The second-order valence-electron chi connectivity index (χ2n) is 6.43. The molecule has 0 saturated heterocycles. The Bertz CT molecular complexity index is 197. The van der Waals surface area contributed by atoms with Crippen LogP contribution in [0.2, 0.25) is 0 Å². The van der Waals surface area contributed by atoms with Crippen LogP contribution >= 0.6 is 0 Å². The highest BCUT2D eigenvalue weighted by Gasteiger charge is 2.24. The van der Waals surface area contributed by atoms with E-state index < -0.39 is 0 Å². The van der Waals surface area contributed by atoms with Crippen molar-refractivity contribution in [3.8, 4) is 0 Å². The molecule has 2 nitrogen and oxygen atoms in total. The van der Waals surface area contributed by atoms with Gasteiger partial charge in [-0.25, -0.2) is 0 Å². The van der Waals surface area contributed by atoms with E-state index in [1.165, 1.54) is 38.5 Å². The Hall–Kier alpha value is -0.0800. The van der Waals surface area contributed by atoms with Gasteiger partial charge in [-0.15, -0.1) is 0 Å². The maximum absolute atomic E-state index is 9.05. The largest absolute Gasteiger partial charge is 0.396 e. The molecule has 0 aromatic rings. The molecule has 1 atom stereocenters. The van der Waals surface area contributed by atoms with Crippen LogP contribution in [0.5, 0.6) is 0 Å². The first-order chi connectivity index (χ1) is 8.09. The zero-order chi connectivity index (χ0) is 12.7. The number of hydrogen-bond acceptors (Lipinski definition) is 2. The lowest BCUT2D eigenvalue weighted by Crippen LogP contribution is -2.42. The maximum atomic E-state index is 9.05. The van der Waals surface area contributed by atoms with Crippen molar-refractivity contribution in [3.63, 3.8) is 0 Å². The van der Waals surface area contributed by atoms with Crippen LogP contribution in [-0.4, -0.2) is 24.3 Å². The van der Waals surface area contributed by atoms with Gasteiger partial charge in [0.25, 0.3) is 0 Å². The molecule has 0 radical (unpaired) electrons. The summed E-state index contributed by atoms with van der Waals surface area (Å²) in [6, 6.07) is 0.688. The average molecular weight is 241 g/mol. The molecule has 1 saturated carbocycles. The van der Waals surface area contributed by atoms with E-state index in [4.69, 9.17) is 5.11 Å². The summed E-state index contributed by atoms with van der Waals surface area (Å²) in [4.78, 5) is 0. The van der Waals surface area contributed by atoms with Crippen molar-refractivity contribution in [2.75, 3.05) is 13.2 Å². The Morgan fingerprint density at radius 3 is 2.41 bits per heavy atom. The van der Waals surface area contributed by atoms with Crippen LogP contribution in [0.15, 0.2) is 0 Å². The Balaban J connectivity index is 2.35. The van der Waals surface area contributed by atoms with Gasteiger partial charge in [-0.3, -0.25) is 0 Å². The second kappa shape index (κ2) is 7.38. The molecule has 0 aromatic heterocycles. The van der Waals surface area contributed by atoms with Crippen LogP contribution in [0.3, 0.4) is 0 Å².